The van der Waals surface area contributed by atoms with Crippen LogP contribution in [0, 0.1) is 6.92 Å². The van der Waals surface area contributed by atoms with Gasteiger partial charge in [0.1, 0.15) is 5.76 Å². The van der Waals surface area contributed by atoms with Crippen molar-refractivity contribution >= 4 is 23.5 Å². The van der Waals surface area contributed by atoms with E-state index in [9.17, 15) is 14.4 Å². The van der Waals surface area contributed by atoms with E-state index in [0.717, 1.165) is 25.9 Å². The van der Waals surface area contributed by atoms with Gasteiger partial charge in [-0.3, -0.25) is 19.3 Å². The second-order valence-corrected chi connectivity index (χ2v) is 7.76. The number of carbonyl (C=O) groups excluding carboxylic acids is 3. The van der Waals surface area contributed by atoms with Gasteiger partial charge in [-0.25, -0.2) is 0 Å². The Bertz CT molecular complexity index is 691. The Morgan fingerprint density at radius 1 is 1.10 bits per heavy atom. The quantitative estimate of drug-likeness (QED) is 0.586. The Balaban J connectivity index is 1.65. The first kappa shape index (κ1) is 23.9. The van der Waals surface area contributed by atoms with Crippen LogP contribution in [-0.4, -0.2) is 83.4 Å². The van der Waals surface area contributed by atoms with Crippen LogP contribution < -0.4 is 5.32 Å². The second kappa shape index (κ2) is 12.3. The van der Waals surface area contributed by atoms with Crippen LogP contribution in [0.25, 0.3) is 0 Å². The SMILES string of the molecule is CCCN(CCC)C(=O)CCCC(=O)N1CCN(CC(=O)Nc2cc(C)on2)CC1. The molecule has 9 heteroatoms. The fourth-order valence-electron chi connectivity index (χ4n) is 3.57. The Hall–Kier alpha value is -2.42. The van der Waals surface area contributed by atoms with Gasteiger partial charge in [-0.1, -0.05) is 19.0 Å². The molecule has 9 nitrogen and oxygen atoms in total. The minimum Gasteiger partial charge on any atom is -0.360 e. The van der Waals surface area contributed by atoms with Crippen molar-refractivity contribution in [2.24, 2.45) is 0 Å². The first-order valence-corrected chi connectivity index (χ1v) is 10.9. The number of rotatable bonds is 11. The zero-order valence-electron chi connectivity index (χ0n) is 18.5. The Kier molecular flexibility index (Phi) is 9.79. The molecule has 3 amide bonds. The van der Waals surface area contributed by atoms with E-state index in [-0.39, 0.29) is 24.3 Å². The smallest absolute Gasteiger partial charge is 0.239 e. The molecule has 1 aromatic rings. The molecule has 0 aromatic carbocycles. The van der Waals surface area contributed by atoms with Gasteiger partial charge in [-0.05, 0) is 26.2 Å². The first-order valence-electron chi connectivity index (χ1n) is 10.9. The summed E-state index contributed by atoms with van der Waals surface area (Å²) in [7, 11) is 0. The predicted molar refractivity (Wildman–Crippen MR) is 114 cm³/mol. The van der Waals surface area contributed by atoms with E-state index in [4.69, 9.17) is 4.52 Å². The van der Waals surface area contributed by atoms with Crippen LogP contribution in [0.3, 0.4) is 0 Å². The van der Waals surface area contributed by atoms with E-state index < -0.39 is 0 Å². The summed E-state index contributed by atoms with van der Waals surface area (Å²) in [6.07, 6.45) is 3.30. The average molecular weight is 422 g/mol. The van der Waals surface area contributed by atoms with Crippen LogP contribution in [0.4, 0.5) is 5.82 Å². The molecule has 2 heterocycles. The van der Waals surface area contributed by atoms with Gasteiger partial charge in [-0.15, -0.1) is 0 Å². The monoisotopic (exact) mass is 421 g/mol. The maximum atomic E-state index is 12.5. The second-order valence-electron chi connectivity index (χ2n) is 7.76. The Labute approximate surface area is 178 Å². The van der Waals surface area contributed by atoms with Gasteiger partial charge in [0.05, 0.1) is 6.54 Å². The van der Waals surface area contributed by atoms with E-state index in [0.29, 0.717) is 57.0 Å². The standard InChI is InChI=1S/C21H35N5O4/c1-4-9-25(10-5-2)20(28)7-6-8-21(29)26-13-11-24(12-14-26)16-19(27)22-18-15-17(3)30-23-18/h15H,4-14,16H2,1-3H3,(H,22,23,27). The van der Waals surface area contributed by atoms with Crippen LogP contribution in [0.2, 0.25) is 0 Å². The van der Waals surface area contributed by atoms with Crippen molar-refractivity contribution in [3.63, 3.8) is 0 Å². The van der Waals surface area contributed by atoms with Gasteiger partial charge in [0.15, 0.2) is 5.82 Å². The van der Waals surface area contributed by atoms with Crippen LogP contribution in [0.15, 0.2) is 10.6 Å². The number of nitrogens with one attached hydrogen (secondary N) is 1. The molecule has 1 saturated heterocycles. The van der Waals surface area contributed by atoms with Gasteiger partial charge in [0, 0.05) is 58.2 Å². The molecule has 1 aliphatic heterocycles. The minimum atomic E-state index is -0.148. The van der Waals surface area contributed by atoms with Gasteiger partial charge in [0.25, 0.3) is 0 Å². The normalized spacial score (nSPS) is 14.6. The van der Waals surface area contributed by atoms with E-state index in [1.54, 1.807) is 13.0 Å². The number of aryl methyl sites for hydroxylation is 1. The van der Waals surface area contributed by atoms with Crippen LogP contribution in [-0.2, 0) is 14.4 Å². The van der Waals surface area contributed by atoms with Crippen molar-refractivity contribution in [1.29, 1.82) is 0 Å². The van der Waals surface area contributed by atoms with Gasteiger partial charge in [-0.2, -0.15) is 0 Å². The van der Waals surface area contributed by atoms with Crippen molar-refractivity contribution in [3.8, 4) is 0 Å². The summed E-state index contributed by atoms with van der Waals surface area (Å²) in [6.45, 7) is 10.2. The molecule has 0 bridgehead atoms. The lowest BCUT2D eigenvalue weighted by molar-refractivity contribution is -0.134. The molecule has 1 aliphatic rings. The third kappa shape index (κ3) is 7.78. The topological polar surface area (TPSA) is 99.0 Å². The van der Waals surface area contributed by atoms with Crippen molar-refractivity contribution < 1.29 is 18.9 Å². The molecular formula is C21H35N5O4. The van der Waals surface area contributed by atoms with E-state index >= 15 is 0 Å². The molecule has 0 aliphatic carbocycles. The molecule has 0 spiro atoms. The summed E-state index contributed by atoms with van der Waals surface area (Å²) < 4.78 is 4.93. The number of piperazine rings is 1. The summed E-state index contributed by atoms with van der Waals surface area (Å²) in [4.78, 5) is 42.6. The summed E-state index contributed by atoms with van der Waals surface area (Å²) >= 11 is 0. The molecule has 2 rings (SSSR count). The molecule has 0 saturated carbocycles. The Morgan fingerprint density at radius 2 is 1.77 bits per heavy atom. The number of nitrogens with zero attached hydrogens (tertiary/aromatic N) is 4. The minimum absolute atomic E-state index is 0.0857. The molecule has 30 heavy (non-hydrogen) atoms. The molecule has 0 unspecified atom stereocenters. The average Bonchev–Trinajstić information content (AvgIpc) is 3.12. The predicted octanol–water partition coefficient (Wildman–Crippen LogP) is 1.88. The number of hydrogen-bond donors (Lipinski definition) is 1. The fraction of sp³-hybridized carbons (Fsp3) is 0.714. The number of carbonyl (C=O) groups is 3. The number of hydrogen-bond acceptors (Lipinski definition) is 6. The lowest BCUT2D eigenvalue weighted by atomic mass is 10.2. The highest BCUT2D eigenvalue weighted by Gasteiger charge is 2.23. The maximum absolute atomic E-state index is 12.5. The summed E-state index contributed by atoms with van der Waals surface area (Å²) in [6, 6.07) is 1.67. The highest BCUT2D eigenvalue weighted by Crippen LogP contribution is 2.10. The number of amides is 3. The zero-order valence-corrected chi connectivity index (χ0v) is 18.5. The fourth-order valence-corrected chi connectivity index (χ4v) is 3.57. The third-order valence-corrected chi connectivity index (χ3v) is 5.11. The molecule has 1 N–H and O–H groups in total. The highest BCUT2D eigenvalue weighted by molar-refractivity contribution is 5.91. The van der Waals surface area contributed by atoms with Crippen LogP contribution >= 0.6 is 0 Å². The molecule has 1 aromatic heterocycles. The van der Waals surface area contributed by atoms with Gasteiger partial charge >= 0.3 is 0 Å². The highest BCUT2D eigenvalue weighted by atomic mass is 16.5. The lowest BCUT2D eigenvalue weighted by Crippen LogP contribution is -2.50. The van der Waals surface area contributed by atoms with Crippen molar-refractivity contribution in [1.82, 2.24) is 19.9 Å². The van der Waals surface area contributed by atoms with Crippen molar-refractivity contribution in [2.75, 3.05) is 51.1 Å². The van der Waals surface area contributed by atoms with E-state index in [1.807, 2.05) is 14.7 Å². The lowest BCUT2D eigenvalue weighted by Gasteiger charge is -2.34. The van der Waals surface area contributed by atoms with Gasteiger partial charge in [0.2, 0.25) is 17.7 Å². The van der Waals surface area contributed by atoms with Crippen molar-refractivity contribution in [3.05, 3.63) is 11.8 Å². The number of aromatic nitrogens is 1. The summed E-state index contributed by atoms with van der Waals surface area (Å²) in [5.74, 6) is 1.14. The van der Waals surface area contributed by atoms with Crippen molar-refractivity contribution in [2.45, 2.75) is 52.9 Å². The van der Waals surface area contributed by atoms with E-state index in [1.165, 1.54) is 0 Å². The number of anilines is 1. The molecular weight excluding hydrogens is 386 g/mol. The first-order chi connectivity index (χ1) is 14.4. The van der Waals surface area contributed by atoms with E-state index in [2.05, 4.69) is 24.3 Å². The third-order valence-electron chi connectivity index (χ3n) is 5.11. The molecule has 168 valence electrons. The van der Waals surface area contributed by atoms with Crippen LogP contribution in [0.5, 0.6) is 0 Å². The largest absolute Gasteiger partial charge is 0.360 e. The zero-order chi connectivity index (χ0) is 21.9. The Morgan fingerprint density at radius 3 is 2.33 bits per heavy atom. The van der Waals surface area contributed by atoms with Gasteiger partial charge < -0.3 is 19.6 Å². The van der Waals surface area contributed by atoms with Crippen LogP contribution in [0.1, 0.15) is 51.7 Å². The molecule has 1 fully saturated rings. The molecule has 0 atom stereocenters. The maximum Gasteiger partial charge on any atom is 0.239 e. The summed E-state index contributed by atoms with van der Waals surface area (Å²) in [5, 5.41) is 6.46. The summed E-state index contributed by atoms with van der Waals surface area (Å²) in [5.41, 5.74) is 0. The molecule has 0 radical (unpaired) electrons.